The number of hydrogen-bond donors (Lipinski definition) is 1. The number of benzene rings is 1. The lowest BCUT2D eigenvalue weighted by molar-refractivity contribution is 0.0383. The van der Waals surface area contributed by atoms with E-state index in [4.69, 9.17) is 15.2 Å². The smallest absolute Gasteiger partial charge is 0.125 e. The highest BCUT2D eigenvalue weighted by Gasteiger charge is 2.45. The molecule has 1 heterocycles. The molecule has 1 saturated carbocycles. The summed E-state index contributed by atoms with van der Waals surface area (Å²) < 4.78 is 11.6. The Morgan fingerprint density at radius 1 is 1.42 bits per heavy atom. The van der Waals surface area contributed by atoms with Crippen molar-refractivity contribution in [3.05, 3.63) is 23.8 Å². The molecule has 3 atom stereocenters. The molecule has 0 radical (unpaired) electrons. The summed E-state index contributed by atoms with van der Waals surface area (Å²) in [6.07, 6.45) is 5.75. The Morgan fingerprint density at radius 3 is 2.95 bits per heavy atom. The van der Waals surface area contributed by atoms with Crippen LogP contribution in [0, 0.1) is 5.92 Å². The molecule has 1 spiro atoms. The highest BCUT2D eigenvalue weighted by Crippen LogP contribution is 2.49. The van der Waals surface area contributed by atoms with E-state index in [-0.39, 0.29) is 11.6 Å². The van der Waals surface area contributed by atoms with E-state index in [1.165, 1.54) is 12.8 Å². The van der Waals surface area contributed by atoms with Crippen molar-refractivity contribution in [3.8, 4) is 11.5 Å². The van der Waals surface area contributed by atoms with Gasteiger partial charge >= 0.3 is 0 Å². The molecule has 3 heteroatoms. The molecule has 2 N–H and O–H groups in total. The van der Waals surface area contributed by atoms with E-state index < -0.39 is 0 Å². The lowest BCUT2D eigenvalue weighted by Gasteiger charge is -2.39. The number of ether oxygens (including phenoxy) is 2. The predicted molar refractivity (Wildman–Crippen MR) is 75.5 cm³/mol. The van der Waals surface area contributed by atoms with Gasteiger partial charge in [0.15, 0.2) is 0 Å². The summed E-state index contributed by atoms with van der Waals surface area (Å²) in [6, 6.07) is 6.04. The summed E-state index contributed by atoms with van der Waals surface area (Å²) in [6.45, 7) is 2.27. The van der Waals surface area contributed by atoms with Crippen molar-refractivity contribution >= 4 is 0 Å². The fourth-order valence-corrected chi connectivity index (χ4v) is 3.65. The van der Waals surface area contributed by atoms with E-state index in [1.54, 1.807) is 7.11 Å². The Hall–Kier alpha value is -1.22. The highest BCUT2D eigenvalue weighted by atomic mass is 16.5. The van der Waals surface area contributed by atoms with Crippen molar-refractivity contribution in [1.82, 2.24) is 0 Å². The van der Waals surface area contributed by atoms with Crippen molar-refractivity contribution in [2.45, 2.75) is 50.7 Å². The van der Waals surface area contributed by atoms with E-state index in [1.807, 2.05) is 18.2 Å². The number of fused-ring (bicyclic) bond motifs is 1. The van der Waals surface area contributed by atoms with Gasteiger partial charge in [-0.3, -0.25) is 0 Å². The average Bonchev–Trinajstić information content (AvgIpc) is 2.81. The summed E-state index contributed by atoms with van der Waals surface area (Å²) in [5, 5.41) is 0. The molecule has 1 fully saturated rings. The van der Waals surface area contributed by atoms with Gasteiger partial charge in [-0.2, -0.15) is 0 Å². The first-order chi connectivity index (χ1) is 9.15. The molecule has 3 nitrogen and oxygen atoms in total. The largest absolute Gasteiger partial charge is 0.497 e. The lowest BCUT2D eigenvalue weighted by Crippen LogP contribution is -2.40. The topological polar surface area (TPSA) is 44.5 Å². The summed E-state index contributed by atoms with van der Waals surface area (Å²) >= 11 is 0. The minimum Gasteiger partial charge on any atom is -0.497 e. The molecule has 0 amide bonds. The SMILES string of the molecule is CCC1CCC2(C1)CC(N)c1cc(OC)ccc1O2. The third-order valence-corrected chi connectivity index (χ3v) is 4.78. The molecule has 1 aliphatic carbocycles. The quantitative estimate of drug-likeness (QED) is 0.887. The maximum absolute atomic E-state index is 6.38. The van der Waals surface area contributed by atoms with Gasteiger partial charge in [0.2, 0.25) is 0 Å². The Labute approximate surface area is 115 Å². The molecular weight excluding hydrogens is 238 g/mol. The third kappa shape index (κ3) is 2.20. The maximum Gasteiger partial charge on any atom is 0.125 e. The van der Waals surface area contributed by atoms with Crippen LogP contribution in [0.25, 0.3) is 0 Å². The standard InChI is InChI=1S/C16H23NO2/c1-3-11-6-7-16(9-11)10-14(17)13-8-12(18-2)4-5-15(13)19-16/h4-5,8,11,14H,3,6-7,9-10,17H2,1-2H3. The second kappa shape index (κ2) is 4.71. The fourth-order valence-electron chi connectivity index (χ4n) is 3.65. The zero-order valence-electron chi connectivity index (χ0n) is 11.8. The number of rotatable bonds is 2. The molecule has 0 bridgehead atoms. The predicted octanol–water partition coefficient (Wildman–Crippen LogP) is 3.43. The Bertz CT molecular complexity index is 474. The first-order valence-electron chi connectivity index (χ1n) is 7.28. The lowest BCUT2D eigenvalue weighted by atomic mass is 9.85. The highest BCUT2D eigenvalue weighted by molar-refractivity contribution is 5.44. The summed E-state index contributed by atoms with van der Waals surface area (Å²) in [7, 11) is 1.68. The Kier molecular flexibility index (Phi) is 3.17. The zero-order chi connectivity index (χ0) is 13.5. The van der Waals surface area contributed by atoms with Gasteiger partial charge in [-0.05, 0) is 43.4 Å². The van der Waals surface area contributed by atoms with Crippen LogP contribution in [0.5, 0.6) is 11.5 Å². The van der Waals surface area contributed by atoms with Gasteiger partial charge in [0.1, 0.15) is 17.1 Å². The molecular formula is C16H23NO2. The van der Waals surface area contributed by atoms with Crippen LogP contribution < -0.4 is 15.2 Å². The number of hydrogen-bond acceptors (Lipinski definition) is 3. The molecule has 0 aromatic heterocycles. The van der Waals surface area contributed by atoms with Crippen LogP contribution in [-0.2, 0) is 0 Å². The van der Waals surface area contributed by atoms with Crippen LogP contribution >= 0.6 is 0 Å². The van der Waals surface area contributed by atoms with Gasteiger partial charge in [0.25, 0.3) is 0 Å². The van der Waals surface area contributed by atoms with Crippen LogP contribution in [0.15, 0.2) is 18.2 Å². The molecule has 3 rings (SSSR count). The molecule has 104 valence electrons. The Morgan fingerprint density at radius 2 is 2.26 bits per heavy atom. The molecule has 1 aromatic rings. The van der Waals surface area contributed by atoms with Crippen molar-refractivity contribution < 1.29 is 9.47 Å². The molecule has 2 aliphatic rings. The van der Waals surface area contributed by atoms with E-state index in [2.05, 4.69) is 6.92 Å². The van der Waals surface area contributed by atoms with Crippen LogP contribution in [0.4, 0.5) is 0 Å². The first kappa shape index (κ1) is 12.8. The summed E-state index contributed by atoms with van der Waals surface area (Å²) in [5.74, 6) is 2.61. The second-order valence-corrected chi connectivity index (χ2v) is 6.02. The molecule has 1 aromatic carbocycles. The van der Waals surface area contributed by atoms with Gasteiger partial charge in [-0.25, -0.2) is 0 Å². The fraction of sp³-hybridized carbons (Fsp3) is 0.625. The average molecular weight is 261 g/mol. The normalized spacial score (nSPS) is 33.0. The van der Waals surface area contributed by atoms with Crippen molar-refractivity contribution in [1.29, 1.82) is 0 Å². The summed E-state index contributed by atoms with van der Waals surface area (Å²) in [4.78, 5) is 0. The molecule has 0 saturated heterocycles. The molecule has 1 aliphatic heterocycles. The van der Waals surface area contributed by atoms with E-state index in [0.717, 1.165) is 42.2 Å². The molecule has 19 heavy (non-hydrogen) atoms. The molecule has 3 unspecified atom stereocenters. The Balaban J connectivity index is 1.88. The van der Waals surface area contributed by atoms with Crippen molar-refractivity contribution in [2.75, 3.05) is 7.11 Å². The number of nitrogens with two attached hydrogens (primary N) is 1. The monoisotopic (exact) mass is 261 g/mol. The third-order valence-electron chi connectivity index (χ3n) is 4.78. The number of methoxy groups -OCH3 is 1. The van der Waals surface area contributed by atoms with Crippen molar-refractivity contribution in [2.24, 2.45) is 11.7 Å². The maximum atomic E-state index is 6.38. The van der Waals surface area contributed by atoms with Gasteiger partial charge < -0.3 is 15.2 Å². The second-order valence-electron chi connectivity index (χ2n) is 6.02. The van der Waals surface area contributed by atoms with Crippen LogP contribution in [0.3, 0.4) is 0 Å². The minimum atomic E-state index is -0.0122. The van der Waals surface area contributed by atoms with Crippen LogP contribution in [-0.4, -0.2) is 12.7 Å². The van der Waals surface area contributed by atoms with Crippen molar-refractivity contribution in [3.63, 3.8) is 0 Å². The minimum absolute atomic E-state index is 0.0122. The van der Waals surface area contributed by atoms with Crippen LogP contribution in [0.1, 0.15) is 50.6 Å². The van der Waals surface area contributed by atoms with Crippen LogP contribution in [0.2, 0.25) is 0 Å². The van der Waals surface area contributed by atoms with E-state index >= 15 is 0 Å². The van der Waals surface area contributed by atoms with Gasteiger partial charge in [0.05, 0.1) is 7.11 Å². The van der Waals surface area contributed by atoms with E-state index in [9.17, 15) is 0 Å². The summed E-state index contributed by atoms with van der Waals surface area (Å²) in [5.41, 5.74) is 7.45. The first-order valence-corrected chi connectivity index (χ1v) is 7.28. The van der Waals surface area contributed by atoms with Gasteiger partial charge in [-0.1, -0.05) is 13.3 Å². The zero-order valence-corrected chi connectivity index (χ0v) is 11.8. The van der Waals surface area contributed by atoms with Gasteiger partial charge in [-0.15, -0.1) is 0 Å². The van der Waals surface area contributed by atoms with E-state index in [0.29, 0.717) is 0 Å². The van der Waals surface area contributed by atoms with Gasteiger partial charge in [0, 0.05) is 18.0 Å².